The first-order valence-corrected chi connectivity index (χ1v) is 9.40. The van der Waals surface area contributed by atoms with E-state index in [9.17, 15) is 4.79 Å². The van der Waals surface area contributed by atoms with Crippen LogP contribution in [-0.4, -0.2) is 27.6 Å². The molecule has 20 heavy (non-hydrogen) atoms. The Balaban J connectivity index is 1.95. The molecule has 106 valence electrons. The topological polar surface area (TPSA) is 54.9 Å². The van der Waals surface area contributed by atoms with Crippen LogP contribution in [0.2, 0.25) is 0 Å². The Morgan fingerprint density at radius 1 is 1.40 bits per heavy atom. The lowest BCUT2D eigenvalue weighted by Crippen LogP contribution is -2.22. The van der Waals surface area contributed by atoms with Crippen molar-refractivity contribution in [2.45, 2.75) is 20.9 Å². The van der Waals surface area contributed by atoms with E-state index in [1.807, 2.05) is 37.4 Å². The van der Waals surface area contributed by atoms with Crippen LogP contribution in [0.5, 0.6) is 0 Å². The lowest BCUT2D eigenvalue weighted by molar-refractivity contribution is -0.115. The van der Waals surface area contributed by atoms with Gasteiger partial charge in [0, 0.05) is 10.2 Å². The molecule has 0 spiro atoms. The Labute approximate surface area is 138 Å². The summed E-state index contributed by atoms with van der Waals surface area (Å²) in [5.74, 6) is -0.0472. The summed E-state index contributed by atoms with van der Waals surface area (Å²) in [4.78, 5) is 12.1. The number of rotatable bonds is 5. The number of carbonyl (C=O) groups is 1. The molecule has 8 heteroatoms. The van der Waals surface area contributed by atoms with Gasteiger partial charge in [-0.1, -0.05) is 56.9 Å². The van der Waals surface area contributed by atoms with Gasteiger partial charge in [-0.2, -0.15) is 0 Å². The molecule has 0 saturated heterocycles. The van der Waals surface area contributed by atoms with Crippen molar-refractivity contribution in [3.63, 3.8) is 0 Å². The van der Waals surface area contributed by atoms with Crippen molar-refractivity contribution in [2.24, 2.45) is 0 Å². The van der Waals surface area contributed by atoms with E-state index in [4.69, 9.17) is 0 Å². The summed E-state index contributed by atoms with van der Waals surface area (Å²) in [5.41, 5.74) is 0.777. The van der Waals surface area contributed by atoms with Crippen molar-refractivity contribution in [1.82, 2.24) is 10.2 Å². The number of carbonyl (C=O) groups excluding carboxylic acids is 1. The van der Waals surface area contributed by atoms with Crippen LogP contribution >= 0.6 is 50.8 Å². The first-order valence-electron chi connectivity index (χ1n) is 5.69. The SMILES string of the molecule is CSc1nnc(S[C@@H](C)C(=O)Nc2cccc(Br)c2)s1. The molecule has 0 saturated carbocycles. The lowest BCUT2D eigenvalue weighted by atomic mass is 10.3. The highest BCUT2D eigenvalue weighted by Crippen LogP contribution is 2.30. The third-order valence-corrected chi connectivity index (χ3v) is 5.88. The van der Waals surface area contributed by atoms with Gasteiger partial charge in [-0.15, -0.1) is 10.2 Å². The van der Waals surface area contributed by atoms with E-state index in [1.54, 1.807) is 11.8 Å². The average Bonchev–Trinajstić information content (AvgIpc) is 2.86. The molecule has 1 atom stereocenters. The first kappa shape index (κ1) is 15.8. The van der Waals surface area contributed by atoms with Crippen LogP contribution in [0.1, 0.15) is 6.92 Å². The zero-order valence-corrected chi connectivity index (χ0v) is 14.8. The van der Waals surface area contributed by atoms with E-state index >= 15 is 0 Å². The summed E-state index contributed by atoms with van der Waals surface area (Å²) >= 11 is 7.86. The average molecular weight is 390 g/mol. The summed E-state index contributed by atoms with van der Waals surface area (Å²) in [6, 6.07) is 7.52. The van der Waals surface area contributed by atoms with Crippen molar-refractivity contribution >= 4 is 62.4 Å². The summed E-state index contributed by atoms with van der Waals surface area (Å²) in [7, 11) is 0. The minimum Gasteiger partial charge on any atom is -0.325 e. The van der Waals surface area contributed by atoms with Gasteiger partial charge in [0.05, 0.1) is 5.25 Å². The summed E-state index contributed by atoms with van der Waals surface area (Å²) < 4.78 is 2.66. The minimum absolute atomic E-state index is 0.0472. The number of nitrogens with zero attached hydrogens (tertiary/aromatic N) is 2. The molecule has 1 amide bonds. The van der Waals surface area contributed by atoms with Gasteiger partial charge in [0.2, 0.25) is 5.91 Å². The van der Waals surface area contributed by atoms with Crippen LogP contribution < -0.4 is 5.32 Å². The van der Waals surface area contributed by atoms with Gasteiger partial charge in [-0.25, -0.2) is 0 Å². The Morgan fingerprint density at radius 3 is 2.80 bits per heavy atom. The maximum Gasteiger partial charge on any atom is 0.237 e. The molecule has 0 radical (unpaired) electrons. The smallest absolute Gasteiger partial charge is 0.237 e. The van der Waals surface area contributed by atoms with Crippen LogP contribution in [-0.2, 0) is 4.79 Å². The highest BCUT2D eigenvalue weighted by atomic mass is 79.9. The predicted octanol–water partition coefficient (Wildman–Crippen LogP) is 4.14. The molecule has 0 bridgehead atoms. The molecular weight excluding hydrogens is 378 g/mol. The van der Waals surface area contributed by atoms with E-state index in [0.717, 1.165) is 18.8 Å². The zero-order chi connectivity index (χ0) is 14.5. The van der Waals surface area contributed by atoms with E-state index in [1.165, 1.54) is 23.1 Å². The number of aromatic nitrogens is 2. The largest absolute Gasteiger partial charge is 0.325 e. The Bertz CT molecular complexity index is 605. The number of hydrogen-bond donors (Lipinski definition) is 1. The van der Waals surface area contributed by atoms with Crippen molar-refractivity contribution < 1.29 is 4.79 Å². The molecular formula is C12H12BrN3OS3. The van der Waals surface area contributed by atoms with E-state index in [2.05, 4.69) is 31.4 Å². The molecule has 1 N–H and O–H groups in total. The summed E-state index contributed by atoms with van der Waals surface area (Å²) in [6.45, 7) is 1.86. The van der Waals surface area contributed by atoms with Gasteiger partial charge in [-0.3, -0.25) is 4.79 Å². The van der Waals surface area contributed by atoms with Gasteiger partial charge in [0.15, 0.2) is 8.68 Å². The van der Waals surface area contributed by atoms with Crippen molar-refractivity contribution in [3.05, 3.63) is 28.7 Å². The normalized spacial score (nSPS) is 12.2. The number of thioether (sulfide) groups is 2. The molecule has 0 aliphatic carbocycles. The van der Waals surface area contributed by atoms with E-state index in [0.29, 0.717) is 0 Å². The van der Waals surface area contributed by atoms with Crippen LogP contribution in [0.3, 0.4) is 0 Å². The third-order valence-electron chi connectivity index (χ3n) is 2.30. The molecule has 0 aliphatic heterocycles. The molecule has 2 rings (SSSR count). The summed E-state index contributed by atoms with van der Waals surface area (Å²) in [5, 5.41) is 10.7. The minimum atomic E-state index is -0.225. The van der Waals surface area contributed by atoms with Crippen molar-refractivity contribution in [1.29, 1.82) is 0 Å². The fraction of sp³-hybridized carbons (Fsp3) is 0.250. The van der Waals surface area contributed by atoms with Gasteiger partial charge in [-0.05, 0) is 31.4 Å². The van der Waals surface area contributed by atoms with Crippen molar-refractivity contribution in [2.75, 3.05) is 11.6 Å². The number of anilines is 1. The van der Waals surface area contributed by atoms with Gasteiger partial charge >= 0.3 is 0 Å². The zero-order valence-electron chi connectivity index (χ0n) is 10.8. The van der Waals surface area contributed by atoms with Crippen LogP contribution in [0.15, 0.2) is 37.4 Å². The Hall–Kier alpha value is -0.570. The molecule has 1 heterocycles. The quantitative estimate of drug-likeness (QED) is 0.778. The fourth-order valence-corrected chi connectivity index (χ4v) is 4.32. The fourth-order valence-electron chi connectivity index (χ4n) is 1.34. The van der Waals surface area contributed by atoms with Crippen LogP contribution in [0.4, 0.5) is 5.69 Å². The number of hydrogen-bond acceptors (Lipinski definition) is 6. The van der Waals surface area contributed by atoms with Gasteiger partial charge < -0.3 is 5.32 Å². The Morgan fingerprint density at radius 2 is 2.15 bits per heavy atom. The first-order chi connectivity index (χ1) is 9.58. The van der Waals surface area contributed by atoms with Crippen LogP contribution in [0, 0.1) is 0 Å². The molecule has 0 fully saturated rings. The third kappa shape index (κ3) is 4.47. The monoisotopic (exact) mass is 389 g/mol. The van der Waals surface area contributed by atoms with Crippen LogP contribution in [0.25, 0.3) is 0 Å². The van der Waals surface area contributed by atoms with E-state index < -0.39 is 0 Å². The second-order valence-corrected chi connectivity index (χ2v) is 8.33. The predicted molar refractivity (Wildman–Crippen MR) is 89.8 cm³/mol. The second-order valence-electron chi connectivity index (χ2n) is 3.80. The number of amides is 1. The molecule has 4 nitrogen and oxygen atoms in total. The van der Waals surface area contributed by atoms with Gasteiger partial charge in [0.1, 0.15) is 0 Å². The second kappa shape index (κ2) is 7.44. The van der Waals surface area contributed by atoms with Gasteiger partial charge in [0.25, 0.3) is 0 Å². The Kier molecular flexibility index (Phi) is 5.88. The number of halogens is 1. The maximum absolute atomic E-state index is 12.1. The summed E-state index contributed by atoms with van der Waals surface area (Å²) in [6.07, 6.45) is 1.96. The number of nitrogens with one attached hydrogen (secondary N) is 1. The number of benzene rings is 1. The molecule has 0 unspecified atom stereocenters. The molecule has 1 aromatic carbocycles. The van der Waals surface area contributed by atoms with E-state index in [-0.39, 0.29) is 11.2 Å². The highest BCUT2D eigenvalue weighted by Gasteiger charge is 2.17. The highest BCUT2D eigenvalue weighted by molar-refractivity contribution is 9.10. The molecule has 1 aromatic heterocycles. The lowest BCUT2D eigenvalue weighted by Gasteiger charge is -2.10. The van der Waals surface area contributed by atoms with Crippen molar-refractivity contribution in [3.8, 4) is 0 Å². The standard InChI is InChI=1S/C12H12BrN3OS3/c1-7(19-12-16-15-11(18-2)20-12)10(17)14-9-5-3-4-8(13)6-9/h3-7H,1-2H3,(H,14,17)/t7-/m0/s1. The molecule has 0 aliphatic rings. The molecule has 2 aromatic rings. The maximum atomic E-state index is 12.1.